The molecule has 1 aromatic heterocycles. The van der Waals surface area contributed by atoms with Gasteiger partial charge in [0.05, 0.1) is 31.4 Å². The minimum atomic E-state index is -0.496. The van der Waals surface area contributed by atoms with E-state index in [1.807, 2.05) is 77.5 Å². The van der Waals surface area contributed by atoms with E-state index in [9.17, 15) is 9.90 Å². The molecule has 0 saturated carbocycles. The number of amides is 1. The number of hydrogen-bond acceptors (Lipinski definition) is 7. The number of alkyl carbamates (subject to hydrolysis) is 1. The molecule has 2 heterocycles. The summed E-state index contributed by atoms with van der Waals surface area (Å²) in [6, 6.07) is 23.0. The first-order valence-corrected chi connectivity index (χ1v) is 14.1. The summed E-state index contributed by atoms with van der Waals surface area (Å²) >= 11 is 0. The maximum atomic E-state index is 12.4. The third-order valence-electron chi connectivity index (χ3n) is 7.13. The largest absolute Gasteiger partial charge is 0.493 e. The molecule has 0 spiro atoms. The Bertz CT molecular complexity index is 1420. The lowest BCUT2D eigenvalue weighted by molar-refractivity contribution is -0.0365. The highest BCUT2D eigenvalue weighted by Crippen LogP contribution is 2.35. The summed E-state index contributed by atoms with van der Waals surface area (Å²) in [4.78, 5) is 12.4. The summed E-state index contributed by atoms with van der Waals surface area (Å²) in [5.41, 5.74) is 4.45. The molecule has 1 fully saturated rings. The molecule has 4 aromatic rings. The summed E-state index contributed by atoms with van der Waals surface area (Å²) in [5, 5.41) is 18.5. The van der Waals surface area contributed by atoms with E-state index in [-0.39, 0.29) is 25.5 Å². The van der Waals surface area contributed by atoms with Crippen molar-refractivity contribution in [3.63, 3.8) is 0 Å². The number of aliphatic hydroxyl groups excluding tert-OH is 1. The average molecular weight is 560 g/mol. The minimum Gasteiger partial charge on any atom is -0.493 e. The maximum absolute atomic E-state index is 12.4. The second-order valence-corrected chi connectivity index (χ2v) is 10.1. The number of aromatic nitrogens is 2. The van der Waals surface area contributed by atoms with Crippen molar-refractivity contribution in [2.24, 2.45) is 0 Å². The van der Waals surface area contributed by atoms with Crippen molar-refractivity contribution < 1.29 is 28.8 Å². The van der Waals surface area contributed by atoms with Crippen LogP contribution in [-0.4, -0.2) is 54.0 Å². The summed E-state index contributed by atoms with van der Waals surface area (Å²) in [5.74, 6) is 0.698. The van der Waals surface area contributed by atoms with Crippen molar-refractivity contribution in [2.75, 3.05) is 26.9 Å². The van der Waals surface area contributed by atoms with E-state index >= 15 is 0 Å². The van der Waals surface area contributed by atoms with Crippen LogP contribution in [0.2, 0.25) is 0 Å². The number of fused-ring (bicyclic) bond motifs is 1. The van der Waals surface area contributed by atoms with E-state index in [0.717, 1.165) is 59.2 Å². The lowest BCUT2D eigenvalue weighted by atomic mass is 10.1. The lowest BCUT2D eigenvalue weighted by Crippen LogP contribution is -2.39. The van der Waals surface area contributed by atoms with E-state index < -0.39 is 6.09 Å². The van der Waals surface area contributed by atoms with E-state index in [1.165, 1.54) is 0 Å². The fourth-order valence-corrected chi connectivity index (χ4v) is 5.03. The van der Waals surface area contributed by atoms with Crippen molar-refractivity contribution >= 4 is 17.0 Å². The van der Waals surface area contributed by atoms with Crippen LogP contribution in [0.4, 0.5) is 4.79 Å². The van der Waals surface area contributed by atoms with Gasteiger partial charge in [0.15, 0.2) is 6.23 Å². The summed E-state index contributed by atoms with van der Waals surface area (Å²) in [6.45, 7) is 1.59. The fraction of sp³-hybridized carbons (Fsp3) is 0.375. The van der Waals surface area contributed by atoms with Crippen molar-refractivity contribution in [2.45, 2.75) is 51.2 Å². The van der Waals surface area contributed by atoms with Gasteiger partial charge in [-0.3, -0.25) is 0 Å². The van der Waals surface area contributed by atoms with E-state index in [2.05, 4.69) is 5.32 Å². The molecular weight excluding hydrogens is 522 g/mol. The summed E-state index contributed by atoms with van der Waals surface area (Å²) in [7, 11) is 1.60. The molecule has 2 unspecified atom stereocenters. The first-order valence-electron chi connectivity index (χ1n) is 14.1. The number of nitrogens with one attached hydrogen (secondary N) is 1. The Morgan fingerprint density at radius 3 is 2.73 bits per heavy atom. The van der Waals surface area contributed by atoms with Crippen LogP contribution in [0.25, 0.3) is 22.2 Å². The van der Waals surface area contributed by atoms with Gasteiger partial charge in [0.1, 0.15) is 18.1 Å². The van der Waals surface area contributed by atoms with Crippen LogP contribution < -0.4 is 10.1 Å². The molecular formula is C32H37N3O6. The Morgan fingerprint density at radius 2 is 1.95 bits per heavy atom. The standard InChI is InChI=1S/C32H37N3O6/c1-38-22-26(33-32(37)41-21-23-8-3-2-4-9-23)15-17-39-27-13-14-29-28(19-27)31(25-11-7-10-24(18-25)20-36)34-35(29)30-12-5-6-16-40-30/h2-4,7-11,13-14,18-19,26,30,36H,5-6,12,15-17,20-22H2,1H3,(H,33,37). The Labute approximate surface area is 240 Å². The molecule has 1 aliphatic rings. The molecule has 216 valence electrons. The highest BCUT2D eigenvalue weighted by Gasteiger charge is 2.22. The molecule has 2 N–H and O–H groups in total. The van der Waals surface area contributed by atoms with E-state index in [0.29, 0.717) is 25.4 Å². The summed E-state index contributed by atoms with van der Waals surface area (Å²) in [6.07, 6.45) is 2.99. The van der Waals surface area contributed by atoms with Crippen LogP contribution in [0, 0.1) is 0 Å². The Morgan fingerprint density at radius 1 is 1.10 bits per heavy atom. The van der Waals surface area contributed by atoms with Crippen molar-refractivity contribution in [1.82, 2.24) is 15.1 Å². The number of hydrogen-bond donors (Lipinski definition) is 2. The number of ether oxygens (including phenoxy) is 4. The van der Waals surface area contributed by atoms with Crippen LogP contribution in [-0.2, 0) is 27.4 Å². The van der Waals surface area contributed by atoms with Gasteiger partial charge in [0.25, 0.3) is 0 Å². The SMILES string of the molecule is COCC(CCOc1ccc2c(c1)c(-c1cccc(CO)c1)nn2C1CCCCO1)NC(=O)OCc1ccccc1. The third-order valence-corrected chi connectivity index (χ3v) is 7.13. The lowest BCUT2D eigenvalue weighted by Gasteiger charge is -2.23. The topological polar surface area (TPSA) is 104 Å². The van der Waals surface area contributed by atoms with Gasteiger partial charge in [-0.05, 0) is 54.7 Å². The molecule has 0 aliphatic carbocycles. The van der Waals surface area contributed by atoms with Gasteiger partial charge < -0.3 is 29.4 Å². The van der Waals surface area contributed by atoms with Gasteiger partial charge in [-0.2, -0.15) is 5.10 Å². The Balaban J connectivity index is 1.28. The maximum Gasteiger partial charge on any atom is 0.407 e. The number of carbonyl (C=O) groups is 1. The molecule has 2 atom stereocenters. The number of rotatable bonds is 12. The van der Waals surface area contributed by atoms with Gasteiger partial charge in [0, 0.05) is 31.1 Å². The number of methoxy groups -OCH3 is 1. The van der Waals surface area contributed by atoms with Gasteiger partial charge in [-0.25, -0.2) is 9.48 Å². The van der Waals surface area contributed by atoms with Crippen molar-refractivity contribution in [1.29, 1.82) is 0 Å². The third kappa shape index (κ3) is 7.43. The predicted octanol–water partition coefficient (Wildman–Crippen LogP) is 5.61. The van der Waals surface area contributed by atoms with E-state index in [4.69, 9.17) is 24.0 Å². The number of benzene rings is 3. The zero-order valence-corrected chi connectivity index (χ0v) is 23.3. The predicted molar refractivity (Wildman–Crippen MR) is 155 cm³/mol. The zero-order valence-electron chi connectivity index (χ0n) is 23.3. The van der Waals surface area contributed by atoms with E-state index in [1.54, 1.807) is 7.11 Å². The average Bonchev–Trinajstić information content (AvgIpc) is 3.40. The molecule has 41 heavy (non-hydrogen) atoms. The van der Waals surface area contributed by atoms with Crippen molar-refractivity contribution in [3.8, 4) is 17.0 Å². The highest BCUT2D eigenvalue weighted by atomic mass is 16.5. The first kappa shape index (κ1) is 28.6. The quantitative estimate of drug-likeness (QED) is 0.233. The second-order valence-electron chi connectivity index (χ2n) is 10.1. The normalized spacial score (nSPS) is 15.9. The molecule has 9 heteroatoms. The molecule has 1 amide bonds. The molecule has 9 nitrogen and oxygen atoms in total. The number of aliphatic hydroxyl groups is 1. The smallest absolute Gasteiger partial charge is 0.407 e. The highest BCUT2D eigenvalue weighted by molar-refractivity contribution is 5.94. The van der Waals surface area contributed by atoms with Gasteiger partial charge in [-0.1, -0.05) is 48.5 Å². The molecule has 0 bridgehead atoms. The molecule has 3 aromatic carbocycles. The van der Waals surface area contributed by atoms with Crippen LogP contribution in [0.15, 0.2) is 72.8 Å². The molecule has 0 radical (unpaired) electrons. The first-order chi connectivity index (χ1) is 20.1. The fourth-order valence-electron chi connectivity index (χ4n) is 5.03. The number of nitrogens with zero attached hydrogens (tertiary/aromatic N) is 2. The molecule has 1 aliphatic heterocycles. The van der Waals surface area contributed by atoms with Gasteiger partial charge >= 0.3 is 6.09 Å². The van der Waals surface area contributed by atoms with Gasteiger partial charge in [0.2, 0.25) is 0 Å². The molecule has 5 rings (SSSR count). The van der Waals surface area contributed by atoms with Gasteiger partial charge in [-0.15, -0.1) is 0 Å². The minimum absolute atomic E-state index is 0.0386. The van der Waals surface area contributed by atoms with Crippen LogP contribution >= 0.6 is 0 Å². The second kappa shape index (κ2) is 14.1. The zero-order chi connectivity index (χ0) is 28.4. The van der Waals surface area contributed by atoms with Crippen LogP contribution in [0.3, 0.4) is 0 Å². The monoisotopic (exact) mass is 559 g/mol. The van der Waals surface area contributed by atoms with Crippen LogP contribution in [0.5, 0.6) is 5.75 Å². The Hall–Kier alpha value is -3.92. The van der Waals surface area contributed by atoms with Crippen molar-refractivity contribution in [3.05, 3.63) is 83.9 Å². The Kier molecular flexibility index (Phi) is 9.85. The molecule has 1 saturated heterocycles. The summed E-state index contributed by atoms with van der Waals surface area (Å²) < 4.78 is 24.8. The van der Waals surface area contributed by atoms with Crippen LogP contribution in [0.1, 0.15) is 43.0 Å². The number of carbonyl (C=O) groups excluding carboxylic acids is 1.